The minimum atomic E-state index is -1.09. The zero-order valence-corrected chi connectivity index (χ0v) is 10.2. The van der Waals surface area contributed by atoms with E-state index in [0.717, 1.165) is 5.57 Å². The second-order valence-electron chi connectivity index (χ2n) is 4.05. The molecule has 13 heavy (non-hydrogen) atoms. The van der Waals surface area contributed by atoms with Crippen molar-refractivity contribution in [1.82, 2.24) is 4.72 Å². The van der Waals surface area contributed by atoms with Crippen LogP contribution in [-0.4, -0.2) is 13.3 Å². The summed E-state index contributed by atoms with van der Waals surface area (Å²) >= 11 is 11.5. The fraction of sp³-hybridized carbons (Fsp3) is 0.750. The molecule has 5 heteroatoms. The summed E-state index contributed by atoms with van der Waals surface area (Å²) in [4.78, 5) is 0. The van der Waals surface area contributed by atoms with Gasteiger partial charge < -0.3 is 4.72 Å². The van der Waals surface area contributed by atoms with E-state index in [0.29, 0.717) is 6.42 Å². The Labute approximate surface area is 91.3 Å². The van der Waals surface area contributed by atoms with Gasteiger partial charge in [-0.15, -0.1) is 0 Å². The minimum absolute atomic E-state index is 0.271. The maximum atomic E-state index is 11.5. The van der Waals surface area contributed by atoms with Crippen molar-refractivity contribution < 1.29 is 4.21 Å². The second-order valence-corrected chi connectivity index (χ2v) is 7.53. The molecule has 0 amide bonds. The molecule has 1 rings (SSSR count). The maximum Gasteiger partial charge on any atom is 0.144 e. The van der Waals surface area contributed by atoms with Crippen molar-refractivity contribution in [2.75, 3.05) is 0 Å². The van der Waals surface area contributed by atoms with Crippen molar-refractivity contribution in [3.63, 3.8) is 0 Å². The lowest BCUT2D eigenvalue weighted by Gasteiger charge is -2.16. The zero-order chi connectivity index (χ0) is 10.3. The molecule has 1 aliphatic carbocycles. The summed E-state index contributed by atoms with van der Waals surface area (Å²) in [6.45, 7) is 5.70. The Balaban J connectivity index is 2.46. The van der Waals surface area contributed by atoms with Crippen LogP contribution in [0, 0.1) is 0 Å². The normalized spacial score (nSPS) is 25.8. The van der Waals surface area contributed by atoms with Gasteiger partial charge in [0.15, 0.2) is 0 Å². The van der Waals surface area contributed by atoms with Crippen molar-refractivity contribution in [3.8, 4) is 0 Å². The molecule has 1 aliphatic rings. The summed E-state index contributed by atoms with van der Waals surface area (Å²) in [5.74, 6) is 0. The Morgan fingerprint density at radius 1 is 1.54 bits per heavy atom. The smallest absolute Gasteiger partial charge is 0.144 e. The Morgan fingerprint density at radius 3 is 2.31 bits per heavy atom. The summed E-state index contributed by atoms with van der Waals surface area (Å²) in [7, 11) is -1.09. The van der Waals surface area contributed by atoms with E-state index in [1.165, 1.54) is 0 Å². The fourth-order valence-corrected chi connectivity index (χ4v) is 1.65. The summed E-state index contributed by atoms with van der Waals surface area (Å²) in [6, 6.07) is 0. The van der Waals surface area contributed by atoms with E-state index in [1.807, 2.05) is 20.8 Å². The van der Waals surface area contributed by atoms with Gasteiger partial charge in [0.05, 0.1) is 4.75 Å². The van der Waals surface area contributed by atoms with Crippen molar-refractivity contribution in [3.05, 3.63) is 11.8 Å². The molecule has 0 aromatic heterocycles. The van der Waals surface area contributed by atoms with E-state index in [2.05, 4.69) is 4.72 Å². The van der Waals surface area contributed by atoms with E-state index < -0.39 is 15.3 Å². The fourth-order valence-electron chi connectivity index (χ4n) is 0.653. The van der Waals surface area contributed by atoms with Gasteiger partial charge in [0.1, 0.15) is 15.3 Å². The average Bonchev–Trinajstić information content (AvgIpc) is 2.52. The van der Waals surface area contributed by atoms with Crippen LogP contribution < -0.4 is 4.72 Å². The highest BCUT2D eigenvalue weighted by Gasteiger charge is 2.45. The molecule has 0 aliphatic heterocycles. The highest BCUT2D eigenvalue weighted by Crippen LogP contribution is 2.52. The van der Waals surface area contributed by atoms with E-state index in [9.17, 15) is 4.21 Å². The highest BCUT2D eigenvalue weighted by molar-refractivity contribution is 7.84. The summed E-state index contributed by atoms with van der Waals surface area (Å²) in [6.07, 6.45) is 2.31. The quantitative estimate of drug-likeness (QED) is 0.740. The molecule has 1 unspecified atom stereocenters. The molecule has 0 aromatic carbocycles. The molecule has 1 N–H and O–H groups in total. The number of rotatable bonds is 2. The molecule has 0 bridgehead atoms. The zero-order valence-electron chi connectivity index (χ0n) is 7.86. The maximum absolute atomic E-state index is 11.5. The topological polar surface area (TPSA) is 29.1 Å². The van der Waals surface area contributed by atoms with Gasteiger partial charge in [-0.2, -0.15) is 0 Å². The SMILES string of the molecule is CC(C)(C)S(=O)N/C=C1\CC1(Cl)Cl. The van der Waals surface area contributed by atoms with Gasteiger partial charge in [-0.25, -0.2) is 4.21 Å². The predicted molar refractivity (Wildman–Crippen MR) is 58.2 cm³/mol. The first-order chi connectivity index (χ1) is 5.73. The number of alkyl halides is 2. The molecular weight excluding hydrogens is 229 g/mol. The molecule has 0 spiro atoms. The van der Waals surface area contributed by atoms with E-state index in [1.54, 1.807) is 6.20 Å². The van der Waals surface area contributed by atoms with Crippen molar-refractivity contribution in [2.45, 2.75) is 36.3 Å². The van der Waals surface area contributed by atoms with Gasteiger partial charge in [0.2, 0.25) is 0 Å². The van der Waals surface area contributed by atoms with E-state index in [4.69, 9.17) is 23.2 Å². The van der Waals surface area contributed by atoms with Gasteiger partial charge >= 0.3 is 0 Å². The molecule has 0 radical (unpaired) electrons. The van der Waals surface area contributed by atoms with Crippen LogP contribution in [0.25, 0.3) is 0 Å². The van der Waals surface area contributed by atoms with Gasteiger partial charge in [0.25, 0.3) is 0 Å². The lowest BCUT2D eigenvalue weighted by Crippen LogP contribution is -2.30. The molecule has 0 heterocycles. The number of hydrogen-bond donors (Lipinski definition) is 1. The molecule has 2 nitrogen and oxygen atoms in total. The first-order valence-electron chi connectivity index (χ1n) is 3.99. The second kappa shape index (κ2) is 3.44. The van der Waals surface area contributed by atoms with Crippen molar-refractivity contribution in [1.29, 1.82) is 0 Å². The lowest BCUT2D eigenvalue weighted by atomic mass is 10.3. The number of allylic oxidation sites excluding steroid dienone is 1. The Kier molecular flexibility index (Phi) is 3.01. The number of hydrogen-bond acceptors (Lipinski definition) is 1. The predicted octanol–water partition coefficient (Wildman–Crippen LogP) is 2.50. The van der Waals surface area contributed by atoms with Crippen LogP contribution in [0.15, 0.2) is 11.8 Å². The largest absolute Gasteiger partial charge is 0.311 e. The van der Waals surface area contributed by atoms with Crippen LogP contribution in [-0.2, 0) is 11.0 Å². The molecule has 0 aromatic rings. The summed E-state index contributed by atoms with van der Waals surface area (Å²) in [5.41, 5.74) is 0.897. The van der Waals surface area contributed by atoms with Crippen LogP contribution in [0.5, 0.6) is 0 Å². The van der Waals surface area contributed by atoms with Gasteiger partial charge in [-0.1, -0.05) is 23.2 Å². The van der Waals surface area contributed by atoms with Crippen LogP contribution in [0.3, 0.4) is 0 Å². The minimum Gasteiger partial charge on any atom is -0.311 e. The lowest BCUT2D eigenvalue weighted by molar-refractivity contribution is 0.644. The molecule has 1 atom stereocenters. The third-order valence-corrected chi connectivity index (χ3v) is 3.85. The first kappa shape index (κ1) is 11.3. The summed E-state index contributed by atoms with van der Waals surface area (Å²) < 4.78 is 13.3. The summed E-state index contributed by atoms with van der Waals surface area (Å²) in [5, 5.41) is 0. The number of halogens is 2. The Bertz CT molecular complexity index is 268. The third-order valence-electron chi connectivity index (χ3n) is 1.65. The molecule has 1 fully saturated rings. The Hall–Kier alpha value is 0.270. The van der Waals surface area contributed by atoms with E-state index in [-0.39, 0.29) is 4.75 Å². The highest BCUT2D eigenvalue weighted by atomic mass is 35.5. The molecule has 76 valence electrons. The van der Waals surface area contributed by atoms with Crippen LogP contribution in [0.4, 0.5) is 0 Å². The number of nitrogens with one attached hydrogen (secondary N) is 1. The monoisotopic (exact) mass is 241 g/mol. The van der Waals surface area contributed by atoms with Gasteiger partial charge in [-0.05, 0) is 26.3 Å². The standard InChI is InChI=1S/C8H13Cl2NOS/c1-7(2,3)13(12)11-5-6-4-8(6,9)10/h5,11H,4H2,1-3H3/b6-5+. The van der Waals surface area contributed by atoms with E-state index >= 15 is 0 Å². The first-order valence-corrected chi connectivity index (χ1v) is 5.89. The molecule has 1 saturated carbocycles. The van der Waals surface area contributed by atoms with Crippen molar-refractivity contribution >= 4 is 34.2 Å². The third kappa shape index (κ3) is 3.15. The molecule has 0 saturated heterocycles. The van der Waals surface area contributed by atoms with Crippen LogP contribution >= 0.6 is 23.2 Å². The molecular formula is C8H13Cl2NOS. The Morgan fingerprint density at radius 2 is 2.00 bits per heavy atom. The van der Waals surface area contributed by atoms with Crippen LogP contribution in [0.1, 0.15) is 27.2 Å². The average molecular weight is 242 g/mol. The van der Waals surface area contributed by atoms with Crippen LogP contribution in [0.2, 0.25) is 0 Å². The van der Waals surface area contributed by atoms with Gasteiger partial charge in [-0.3, -0.25) is 0 Å². The van der Waals surface area contributed by atoms with Gasteiger partial charge in [0, 0.05) is 12.6 Å². The van der Waals surface area contributed by atoms with Crippen molar-refractivity contribution in [2.24, 2.45) is 0 Å².